The van der Waals surface area contributed by atoms with Crippen LogP contribution in [0.4, 0.5) is 0 Å². The summed E-state index contributed by atoms with van der Waals surface area (Å²) >= 11 is 1.56. The van der Waals surface area contributed by atoms with Gasteiger partial charge in [-0.15, -0.1) is 11.8 Å². The Kier molecular flexibility index (Phi) is 3.11. The smallest absolute Gasteiger partial charge is 0.187 e. The largest absolute Gasteiger partial charge is 0.485 e. The van der Waals surface area contributed by atoms with E-state index in [1.165, 1.54) is 0 Å². The Hall–Kier alpha value is -1.33. The fourth-order valence-electron chi connectivity index (χ4n) is 2.30. The quantitative estimate of drug-likeness (QED) is 0.902. The van der Waals surface area contributed by atoms with Crippen LogP contribution in [0.5, 0.6) is 5.75 Å². The van der Waals surface area contributed by atoms with Crippen molar-refractivity contribution in [3.8, 4) is 5.75 Å². The van der Waals surface area contributed by atoms with Crippen molar-refractivity contribution in [1.82, 2.24) is 0 Å². The van der Waals surface area contributed by atoms with Gasteiger partial charge in [0.1, 0.15) is 17.5 Å². The van der Waals surface area contributed by atoms with Gasteiger partial charge >= 0.3 is 0 Å². The zero-order valence-electron chi connectivity index (χ0n) is 10.9. The predicted octanol–water partition coefficient (Wildman–Crippen LogP) is 2.43. The molecule has 2 atom stereocenters. The first-order chi connectivity index (χ1) is 9.08. The Morgan fingerprint density at radius 3 is 2.63 bits per heavy atom. The highest BCUT2D eigenvalue weighted by molar-refractivity contribution is 8.00. The van der Waals surface area contributed by atoms with Crippen LogP contribution >= 0.6 is 11.8 Å². The molecule has 0 amide bonds. The fraction of sp³-hybridized carbons (Fsp3) is 0.429. The second kappa shape index (κ2) is 4.65. The minimum atomic E-state index is -0.613. The molecule has 19 heavy (non-hydrogen) atoms. The van der Waals surface area contributed by atoms with Crippen molar-refractivity contribution in [1.29, 1.82) is 0 Å². The maximum atomic E-state index is 10.6. The third-order valence-electron chi connectivity index (χ3n) is 3.36. The molecule has 1 aromatic carbocycles. The molecule has 0 saturated heterocycles. The average Bonchev–Trinajstić information content (AvgIpc) is 2.87. The molecule has 3 rings (SSSR count). The molecule has 0 aromatic heterocycles. The summed E-state index contributed by atoms with van der Waals surface area (Å²) in [4.78, 5) is 8.50. The van der Waals surface area contributed by atoms with Gasteiger partial charge in [0.05, 0.1) is 5.25 Å². The van der Waals surface area contributed by atoms with Gasteiger partial charge in [-0.05, 0) is 19.9 Å². The lowest BCUT2D eigenvalue weighted by Gasteiger charge is -2.42. The summed E-state index contributed by atoms with van der Waals surface area (Å²) < 4.78 is 5.89. The number of fused-ring (bicyclic) bond motifs is 1. The van der Waals surface area contributed by atoms with Crippen LogP contribution in [-0.2, 0) is 0 Å². The van der Waals surface area contributed by atoms with E-state index < -0.39 is 11.7 Å². The number of nitrogens with zero attached hydrogens (tertiary/aromatic N) is 2. The molecular formula is C14H16N2O2S. The van der Waals surface area contributed by atoms with Crippen molar-refractivity contribution in [2.75, 3.05) is 0 Å². The summed E-state index contributed by atoms with van der Waals surface area (Å²) in [6.45, 7) is 3.81. The third-order valence-corrected chi connectivity index (χ3v) is 4.65. The molecule has 0 radical (unpaired) electrons. The number of hydrogen-bond acceptors (Lipinski definition) is 5. The summed E-state index contributed by atoms with van der Waals surface area (Å²) in [5, 5.41) is 10.5. The van der Waals surface area contributed by atoms with E-state index in [1.54, 1.807) is 24.2 Å². The number of benzene rings is 1. The molecular weight excluding hydrogens is 260 g/mol. The molecule has 2 aliphatic rings. The zero-order chi connectivity index (χ0) is 13.5. The summed E-state index contributed by atoms with van der Waals surface area (Å²) in [6, 6.07) is 7.84. The number of aliphatic imine (C=N–C) groups is 2. The molecule has 100 valence electrons. The van der Waals surface area contributed by atoms with Gasteiger partial charge in [0.2, 0.25) is 0 Å². The van der Waals surface area contributed by atoms with Crippen LogP contribution in [0, 0.1) is 0 Å². The number of aliphatic hydroxyl groups is 1. The maximum absolute atomic E-state index is 10.6. The van der Waals surface area contributed by atoms with E-state index in [-0.39, 0.29) is 10.7 Å². The topological polar surface area (TPSA) is 54.2 Å². The minimum absolute atomic E-state index is 0.0858. The minimum Gasteiger partial charge on any atom is -0.485 e. The normalized spacial score (nSPS) is 28.2. The molecule has 2 heterocycles. The van der Waals surface area contributed by atoms with Gasteiger partial charge in [-0.2, -0.15) is 0 Å². The van der Waals surface area contributed by atoms with Gasteiger partial charge in [-0.3, -0.25) is 9.98 Å². The van der Waals surface area contributed by atoms with E-state index in [1.807, 2.05) is 38.1 Å². The number of para-hydroxylation sites is 1. The van der Waals surface area contributed by atoms with Crippen molar-refractivity contribution in [2.45, 2.75) is 36.3 Å². The molecule has 4 nitrogen and oxygen atoms in total. The Labute approximate surface area is 116 Å². The van der Waals surface area contributed by atoms with Crippen molar-refractivity contribution >= 4 is 24.2 Å². The highest BCUT2D eigenvalue weighted by atomic mass is 32.2. The van der Waals surface area contributed by atoms with E-state index in [0.717, 1.165) is 11.3 Å². The maximum Gasteiger partial charge on any atom is 0.187 e. The molecule has 5 heteroatoms. The average molecular weight is 276 g/mol. The number of thioether (sulfide) groups is 1. The van der Waals surface area contributed by atoms with Crippen LogP contribution in [0.1, 0.15) is 24.7 Å². The lowest BCUT2D eigenvalue weighted by atomic mass is 9.90. The van der Waals surface area contributed by atoms with Crippen molar-refractivity contribution in [3.05, 3.63) is 29.8 Å². The Morgan fingerprint density at radius 2 is 1.89 bits per heavy atom. The van der Waals surface area contributed by atoms with Crippen LogP contribution in [0.2, 0.25) is 0 Å². The lowest BCUT2D eigenvalue weighted by Crippen LogP contribution is -2.48. The fourth-order valence-corrected chi connectivity index (χ4v) is 3.66. The van der Waals surface area contributed by atoms with Gasteiger partial charge in [0.15, 0.2) is 5.50 Å². The molecule has 0 fully saturated rings. The Balaban J connectivity index is 1.95. The van der Waals surface area contributed by atoms with Crippen LogP contribution in [0.3, 0.4) is 0 Å². The molecule has 0 saturated carbocycles. The highest BCUT2D eigenvalue weighted by Gasteiger charge is 2.43. The summed E-state index contributed by atoms with van der Waals surface area (Å²) in [7, 11) is 0. The molecule has 1 aromatic rings. The Morgan fingerprint density at radius 1 is 1.21 bits per heavy atom. The number of rotatable bonds is 2. The van der Waals surface area contributed by atoms with Gasteiger partial charge in [-0.25, -0.2) is 0 Å². The zero-order valence-corrected chi connectivity index (χ0v) is 11.7. The van der Waals surface area contributed by atoms with Crippen molar-refractivity contribution in [2.24, 2.45) is 9.98 Å². The van der Waals surface area contributed by atoms with Crippen molar-refractivity contribution < 1.29 is 9.84 Å². The first kappa shape index (κ1) is 12.7. The molecule has 2 aliphatic heterocycles. The van der Waals surface area contributed by atoms with Crippen LogP contribution in [-0.4, -0.2) is 34.7 Å². The van der Waals surface area contributed by atoms with E-state index in [2.05, 4.69) is 9.98 Å². The van der Waals surface area contributed by atoms with E-state index in [4.69, 9.17) is 4.74 Å². The summed E-state index contributed by atoms with van der Waals surface area (Å²) in [6.07, 6.45) is 2.79. The van der Waals surface area contributed by atoms with Gasteiger partial charge in [-0.1, -0.05) is 18.2 Å². The van der Waals surface area contributed by atoms with Crippen molar-refractivity contribution in [3.63, 3.8) is 0 Å². The lowest BCUT2D eigenvalue weighted by molar-refractivity contribution is -0.0430. The molecule has 0 spiro atoms. The molecule has 0 unspecified atom stereocenters. The first-order valence-electron chi connectivity index (χ1n) is 6.24. The highest BCUT2D eigenvalue weighted by Crippen LogP contribution is 2.48. The number of ether oxygens (including phenoxy) is 1. The molecule has 1 N–H and O–H groups in total. The molecule has 0 aliphatic carbocycles. The standard InChI is InChI=1S/C14H16N2O2S/c1-14(2)12(17)11(19-13-15-7-8-16-13)9-5-3-4-6-10(9)18-14/h3-8,11-13,17H,1-2H3/t11-,12-/m1/s1. The first-order valence-corrected chi connectivity index (χ1v) is 7.18. The predicted molar refractivity (Wildman–Crippen MR) is 78.3 cm³/mol. The third kappa shape index (κ3) is 2.28. The second-order valence-electron chi connectivity index (χ2n) is 5.17. The Bertz CT molecular complexity index is 530. The van der Waals surface area contributed by atoms with Gasteiger partial charge < -0.3 is 9.84 Å². The van der Waals surface area contributed by atoms with Crippen LogP contribution in [0.15, 0.2) is 34.3 Å². The van der Waals surface area contributed by atoms with E-state index >= 15 is 0 Å². The molecule has 0 bridgehead atoms. The second-order valence-corrected chi connectivity index (χ2v) is 6.37. The van der Waals surface area contributed by atoms with Gasteiger partial charge in [0, 0.05) is 18.0 Å². The number of hydrogen-bond donors (Lipinski definition) is 1. The number of aliphatic hydroxyl groups excluding tert-OH is 1. The van der Waals surface area contributed by atoms with Gasteiger partial charge in [0.25, 0.3) is 0 Å². The van der Waals surface area contributed by atoms with Crippen LogP contribution in [0.25, 0.3) is 0 Å². The van der Waals surface area contributed by atoms with Crippen LogP contribution < -0.4 is 4.74 Å². The summed E-state index contributed by atoms with van der Waals surface area (Å²) in [5.74, 6) is 0.834. The van der Waals surface area contributed by atoms with E-state index in [9.17, 15) is 5.11 Å². The monoisotopic (exact) mass is 276 g/mol. The summed E-state index contributed by atoms with van der Waals surface area (Å²) in [5.41, 5.74) is 0.233. The SMILES string of the molecule is CC1(C)Oc2ccccc2[C@@H](SC2N=CC=N2)[C@H]1O. The van der Waals surface area contributed by atoms with E-state index in [0.29, 0.717) is 0 Å².